The number of aromatic nitrogens is 1. The number of nitrogens with one attached hydrogen (secondary N) is 1. The molecule has 0 radical (unpaired) electrons. The molecule has 1 saturated heterocycles. The van der Waals surface area contributed by atoms with E-state index >= 15 is 0 Å². The summed E-state index contributed by atoms with van der Waals surface area (Å²) in [6, 6.07) is 2.89. The first kappa shape index (κ1) is 19.8. The molecule has 1 aliphatic carbocycles. The van der Waals surface area contributed by atoms with Crippen LogP contribution in [0.2, 0.25) is 0 Å². The van der Waals surface area contributed by atoms with Crippen LogP contribution in [0.5, 0.6) is 0 Å². The normalized spacial score (nSPS) is 22.8. The van der Waals surface area contributed by atoms with Gasteiger partial charge in [-0.2, -0.15) is 0 Å². The Hall–Kier alpha value is -1.96. The van der Waals surface area contributed by atoms with E-state index < -0.39 is 9.84 Å². The lowest BCUT2D eigenvalue weighted by Gasteiger charge is -2.23. The number of nitrogens with zero attached hydrogens (tertiary/aromatic N) is 2. The molecule has 0 aromatic carbocycles. The van der Waals surface area contributed by atoms with Gasteiger partial charge in [-0.3, -0.25) is 14.6 Å². The third kappa shape index (κ3) is 5.06. The lowest BCUT2D eigenvalue weighted by atomic mass is 10.1. The van der Waals surface area contributed by atoms with Crippen molar-refractivity contribution < 1.29 is 18.0 Å². The predicted molar refractivity (Wildman–Crippen MR) is 102 cm³/mol. The van der Waals surface area contributed by atoms with E-state index in [0.29, 0.717) is 12.0 Å². The fourth-order valence-electron chi connectivity index (χ4n) is 3.82. The van der Waals surface area contributed by atoms with Crippen molar-refractivity contribution in [1.29, 1.82) is 0 Å². The first-order chi connectivity index (χ1) is 12.9. The first-order valence-electron chi connectivity index (χ1n) is 9.60. The van der Waals surface area contributed by atoms with Gasteiger partial charge in [0, 0.05) is 30.9 Å². The third-order valence-corrected chi connectivity index (χ3v) is 7.26. The fraction of sp³-hybridized carbons (Fsp3) is 0.632. The minimum atomic E-state index is -3.07. The molecule has 1 aromatic rings. The summed E-state index contributed by atoms with van der Waals surface area (Å²) in [4.78, 5) is 30.8. The molecule has 2 amide bonds. The highest BCUT2D eigenvalue weighted by Crippen LogP contribution is 2.20. The average Bonchev–Trinajstić information content (AvgIpc) is 2.84. The maximum absolute atomic E-state index is 12.7. The molecule has 1 N–H and O–H groups in total. The van der Waals surface area contributed by atoms with Crippen LogP contribution in [0.3, 0.4) is 0 Å². The van der Waals surface area contributed by atoms with Gasteiger partial charge in [0.15, 0.2) is 9.84 Å². The van der Waals surface area contributed by atoms with Crippen LogP contribution in [0.4, 0.5) is 0 Å². The highest BCUT2D eigenvalue weighted by Gasteiger charge is 2.33. The predicted octanol–water partition coefficient (Wildman–Crippen LogP) is 1.79. The summed E-state index contributed by atoms with van der Waals surface area (Å²) < 4.78 is 23.3. The van der Waals surface area contributed by atoms with Crippen LogP contribution in [0, 0.1) is 0 Å². The topological polar surface area (TPSA) is 96.4 Å². The van der Waals surface area contributed by atoms with E-state index in [2.05, 4.69) is 10.3 Å². The van der Waals surface area contributed by atoms with E-state index in [-0.39, 0.29) is 41.1 Å². The van der Waals surface area contributed by atoms with Gasteiger partial charge in [0.05, 0.1) is 11.5 Å². The van der Waals surface area contributed by atoms with Gasteiger partial charge in [-0.15, -0.1) is 0 Å². The first-order valence-corrected chi connectivity index (χ1v) is 11.4. The van der Waals surface area contributed by atoms with Crippen LogP contribution in [0.1, 0.15) is 65.8 Å². The summed E-state index contributed by atoms with van der Waals surface area (Å²) >= 11 is 0. The largest absolute Gasteiger partial charge is 0.348 e. The highest BCUT2D eigenvalue weighted by molar-refractivity contribution is 7.91. The summed E-state index contributed by atoms with van der Waals surface area (Å²) in [5.74, 6) is -0.443. The molecule has 7 nitrogen and oxygen atoms in total. The molecule has 148 valence electrons. The summed E-state index contributed by atoms with van der Waals surface area (Å²) in [6.07, 6.45) is 8.50. The van der Waals surface area contributed by atoms with E-state index in [0.717, 1.165) is 25.7 Å². The molecule has 1 unspecified atom stereocenters. The van der Waals surface area contributed by atoms with Crippen molar-refractivity contribution in [2.24, 2.45) is 0 Å². The summed E-state index contributed by atoms with van der Waals surface area (Å²) in [6.45, 7) is 0. The Bertz CT molecular complexity index is 801. The van der Waals surface area contributed by atoms with E-state index in [1.54, 1.807) is 13.1 Å². The Kier molecular flexibility index (Phi) is 6.14. The van der Waals surface area contributed by atoms with Crippen LogP contribution in [0.25, 0.3) is 0 Å². The van der Waals surface area contributed by atoms with Crippen LogP contribution in [-0.4, -0.2) is 60.8 Å². The van der Waals surface area contributed by atoms with Crippen LogP contribution < -0.4 is 5.32 Å². The number of carbonyl (C=O) groups is 2. The molecular formula is C19H27N3O4S. The second-order valence-electron chi connectivity index (χ2n) is 7.56. The molecule has 0 bridgehead atoms. The Balaban J connectivity index is 1.67. The van der Waals surface area contributed by atoms with Crippen molar-refractivity contribution in [3.63, 3.8) is 0 Å². The standard InChI is InChI=1S/C19H27N3O4S/c1-22(16-9-11-27(25,26)13-16)19(24)14-8-10-20-17(12-14)18(23)21-15-6-4-2-3-5-7-15/h8,10,12,15-16H,2-7,9,11,13H2,1H3,(H,21,23). The molecule has 2 heterocycles. The number of rotatable bonds is 4. The second-order valence-corrected chi connectivity index (χ2v) is 9.79. The molecule has 1 atom stereocenters. The molecule has 1 aromatic heterocycles. The molecule has 1 aliphatic heterocycles. The molecule has 27 heavy (non-hydrogen) atoms. The molecular weight excluding hydrogens is 366 g/mol. The van der Waals surface area contributed by atoms with E-state index in [1.807, 2.05) is 0 Å². The van der Waals surface area contributed by atoms with Gasteiger partial charge in [-0.1, -0.05) is 25.7 Å². The molecule has 2 aliphatic rings. The SMILES string of the molecule is CN(C(=O)c1ccnc(C(=O)NC2CCCCCC2)c1)C1CCS(=O)(=O)C1. The van der Waals surface area contributed by atoms with Crippen LogP contribution in [-0.2, 0) is 9.84 Å². The van der Waals surface area contributed by atoms with Crippen molar-refractivity contribution in [2.75, 3.05) is 18.6 Å². The lowest BCUT2D eigenvalue weighted by Crippen LogP contribution is -2.38. The quantitative estimate of drug-likeness (QED) is 0.787. The van der Waals surface area contributed by atoms with Crippen molar-refractivity contribution in [2.45, 2.75) is 57.0 Å². The number of sulfone groups is 1. The summed E-state index contributed by atoms with van der Waals surface area (Å²) in [7, 11) is -1.46. The van der Waals surface area contributed by atoms with E-state index in [4.69, 9.17) is 0 Å². The minimum absolute atomic E-state index is 0.00462. The van der Waals surface area contributed by atoms with E-state index in [9.17, 15) is 18.0 Å². The number of amides is 2. The summed E-state index contributed by atoms with van der Waals surface area (Å²) in [5.41, 5.74) is 0.570. The monoisotopic (exact) mass is 393 g/mol. The Morgan fingerprint density at radius 1 is 1.15 bits per heavy atom. The number of carbonyl (C=O) groups excluding carboxylic acids is 2. The smallest absolute Gasteiger partial charge is 0.270 e. The van der Waals surface area contributed by atoms with Crippen LogP contribution >= 0.6 is 0 Å². The lowest BCUT2D eigenvalue weighted by molar-refractivity contribution is 0.0747. The van der Waals surface area contributed by atoms with Gasteiger partial charge >= 0.3 is 0 Å². The van der Waals surface area contributed by atoms with Gasteiger partial charge < -0.3 is 10.2 Å². The minimum Gasteiger partial charge on any atom is -0.348 e. The number of pyridine rings is 1. The number of hydrogen-bond acceptors (Lipinski definition) is 5. The zero-order chi connectivity index (χ0) is 19.4. The molecule has 1 saturated carbocycles. The summed E-state index contributed by atoms with van der Waals surface area (Å²) in [5, 5.41) is 3.03. The molecule has 8 heteroatoms. The Morgan fingerprint density at radius 3 is 2.48 bits per heavy atom. The van der Waals surface area contributed by atoms with Crippen LogP contribution in [0.15, 0.2) is 18.3 Å². The molecule has 0 spiro atoms. The maximum atomic E-state index is 12.7. The van der Waals surface area contributed by atoms with Crippen molar-refractivity contribution in [3.8, 4) is 0 Å². The van der Waals surface area contributed by atoms with Gasteiger partial charge in [0.2, 0.25) is 0 Å². The molecule has 2 fully saturated rings. The zero-order valence-electron chi connectivity index (χ0n) is 15.7. The van der Waals surface area contributed by atoms with Gasteiger partial charge in [-0.25, -0.2) is 8.42 Å². The van der Waals surface area contributed by atoms with Gasteiger partial charge in [0.1, 0.15) is 5.69 Å². The fourth-order valence-corrected chi connectivity index (χ4v) is 5.60. The molecule has 3 rings (SSSR count). The average molecular weight is 394 g/mol. The maximum Gasteiger partial charge on any atom is 0.270 e. The van der Waals surface area contributed by atoms with E-state index in [1.165, 1.54) is 30.0 Å². The van der Waals surface area contributed by atoms with Crippen molar-refractivity contribution >= 4 is 21.7 Å². The van der Waals surface area contributed by atoms with Crippen molar-refractivity contribution in [1.82, 2.24) is 15.2 Å². The highest BCUT2D eigenvalue weighted by atomic mass is 32.2. The third-order valence-electron chi connectivity index (χ3n) is 5.51. The Morgan fingerprint density at radius 2 is 1.85 bits per heavy atom. The zero-order valence-corrected chi connectivity index (χ0v) is 16.5. The Labute approximate surface area is 160 Å². The number of hydrogen-bond donors (Lipinski definition) is 1. The van der Waals surface area contributed by atoms with Gasteiger partial charge in [0.25, 0.3) is 11.8 Å². The second kappa shape index (κ2) is 8.37. The van der Waals surface area contributed by atoms with Crippen molar-refractivity contribution in [3.05, 3.63) is 29.6 Å². The van der Waals surface area contributed by atoms with Gasteiger partial charge in [-0.05, 0) is 31.4 Å².